The SMILES string of the molecule is CC1(C)CC(=O)c2c(O)cc(OCC(=O)NC3CCN(Cc4ccccc4)CC3)cc2O1. The Bertz CT molecular complexity index is 981. The van der Waals surface area contributed by atoms with Crippen molar-refractivity contribution in [3.8, 4) is 17.2 Å². The summed E-state index contributed by atoms with van der Waals surface area (Å²) in [5, 5.41) is 13.3. The highest BCUT2D eigenvalue weighted by Gasteiger charge is 2.35. The lowest BCUT2D eigenvalue weighted by Crippen LogP contribution is -2.45. The molecule has 2 aromatic rings. The number of Topliss-reactive ketones (excluding diaryl/α,β-unsaturated/α-hetero) is 1. The topological polar surface area (TPSA) is 88.1 Å². The van der Waals surface area contributed by atoms with Gasteiger partial charge in [0.2, 0.25) is 0 Å². The van der Waals surface area contributed by atoms with Crippen molar-refractivity contribution in [1.82, 2.24) is 10.2 Å². The van der Waals surface area contributed by atoms with Gasteiger partial charge in [-0.2, -0.15) is 0 Å². The molecule has 0 aliphatic carbocycles. The molecule has 1 saturated heterocycles. The highest BCUT2D eigenvalue weighted by Crippen LogP contribution is 2.40. The molecule has 7 nitrogen and oxygen atoms in total. The van der Waals surface area contributed by atoms with Crippen molar-refractivity contribution in [2.24, 2.45) is 0 Å². The molecule has 0 saturated carbocycles. The van der Waals surface area contributed by atoms with Crippen molar-refractivity contribution in [3.63, 3.8) is 0 Å². The van der Waals surface area contributed by atoms with E-state index in [9.17, 15) is 14.7 Å². The number of ether oxygens (including phenoxy) is 2. The maximum absolute atomic E-state index is 12.4. The molecule has 4 rings (SSSR count). The molecule has 0 aromatic heterocycles. The monoisotopic (exact) mass is 438 g/mol. The molecule has 0 bridgehead atoms. The standard InChI is InChI=1S/C25H30N2O5/c1-25(2)14-21(29)24-20(28)12-19(13-22(24)32-25)31-16-23(30)26-18-8-10-27(11-9-18)15-17-6-4-3-5-7-17/h3-7,12-13,18,28H,8-11,14-16H2,1-2H3,(H,26,30). The number of phenols is 1. The Morgan fingerprint density at radius 2 is 1.94 bits per heavy atom. The number of nitrogens with zero attached hydrogens (tertiary/aromatic N) is 1. The van der Waals surface area contributed by atoms with E-state index in [1.807, 2.05) is 19.9 Å². The predicted octanol–water partition coefficient (Wildman–Crippen LogP) is 3.30. The highest BCUT2D eigenvalue weighted by molar-refractivity contribution is 6.03. The first-order chi connectivity index (χ1) is 15.3. The van der Waals surface area contributed by atoms with Gasteiger partial charge in [-0.15, -0.1) is 0 Å². The molecule has 1 amide bonds. The molecule has 1 fully saturated rings. The number of fused-ring (bicyclic) bond motifs is 1. The van der Waals surface area contributed by atoms with Gasteiger partial charge in [-0.3, -0.25) is 14.5 Å². The first kappa shape index (κ1) is 22.1. The number of hydrogen-bond acceptors (Lipinski definition) is 6. The van der Waals surface area contributed by atoms with Crippen LogP contribution in [0.5, 0.6) is 17.2 Å². The maximum Gasteiger partial charge on any atom is 0.258 e. The minimum absolute atomic E-state index is 0.122. The van der Waals surface area contributed by atoms with Gasteiger partial charge in [0.25, 0.3) is 5.91 Å². The molecule has 2 aromatic carbocycles. The zero-order valence-electron chi connectivity index (χ0n) is 18.6. The summed E-state index contributed by atoms with van der Waals surface area (Å²) in [4.78, 5) is 27.1. The van der Waals surface area contributed by atoms with Crippen LogP contribution >= 0.6 is 0 Å². The molecule has 7 heteroatoms. The van der Waals surface area contributed by atoms with Crippen LogP contribution in [0.25, 0.3) is 0 Å². The van der Waals surface area contributed by atoms with E-state index >= 15 is 0 Å². The van der Waals surface area contributed by atoms with E-state index < -0.39 is 5.60 Å². The fraction of sp³-hybridized carbons (Fsp3) is 0.440. The van der Waals surface area contributed by atoms with Gasteiger partial charge in [0, 0.05) is 37.8 Å². The van der Waals surface area contributed by atoms with Crippen LogP contribution in [0.1, 0.15) is 49.0 Å². The average Bonchev–Trinajstić information content (AvgIpc) is 2.73. The maximum atomic E-state index is 12.4. The summed E-state index contributed by atoms with van der Waals surface area (Å²) < 4.78 is 11.4. The molecule has 2 heterocycles. The van der Waals surface area contributed by atoms with Crippen molar-refractivity contribution < 1.29 is 24.2 Å². The summed E-state index contributed by atoms with van der Waals surface area (Å²) in [5.74, 6) is 0.00826. The number of benzene rings is 2. The number of carbonyl (C=O) groups is 2. The van der Waals surface area contributed by atoms with E-state index in [-0.39, 0.29) is 47.8 Å². The van der Waals surface area contributed by atoms with Crippen LogP contribution in [0, 0.1) is 0 Å². The molecule has 2 N–H and O–H groups in total. The molecule has 0 spiro atoms. The fourth-order valence-corrected chi connectivity index (χ4v) is 4.32. The van der Waals surface area contributed by atoms with E-state index in [4.69, 9.17) is 9.47 Å². The number of carbonyl (C=O) groups excluding carboxylic acids is 2. The van der Waals surface area contributed by atoms with Gasteiger partial charge >= 0.3 is 0 Å². The van der Waals surface area contributed by atoms with Crippen LogP contribution in [-0.4, -0.2) is 53.0 Å². The Morgan fingerprint density at radius 3 is 2.66 bits per heavy atom. The Hall–Kier alpha value is -3.06. The number of phenolic OH excluding ortho intramolecular Hbond substituents is 1. The van der Waals surface area contributed by atoms with Crippen LogP contribution < -0.4 is 14.8 Å². The van der Waals surface area contributed by atoms with Crippen molar-refractivity contribution in [1.29, 1.82) is 0 Å². The highest BCUT2D eigenvalue weighted by atomic mass is 16.5. The Morgan fingerprint density at radius 1 is 1.22 bits per heavy atom. The third-order valence-electron chi connectivity index (χ3n) is 5.88. The van der Waals surface area contributed by atoms with Gasteiger partial charge in [-0.25, -0.2) is 0 Å². The minimum atomic E-state index is -0.651. The quantitative estimate of drug-likeness (QED) is 0.720. The first-order valence-electron chi connectivity index (χ1n) is 11.1. The van der Waals surface area contributed by atoms with E-state index in [2.05, 4.69) is 34.5 Å². The van der Waals surface area contributed by atoms with E-state index in [1.165, 1.54) is 11.6 Å². The summed E-state index contributed by atoms with van der Waals surface area (Å²) in [6.07, 6.45) is 1.98. The van der Waals surface area contributed by atoms with Gasteiger partial charge in [-0.1, -0.05) is 30.3 Å². The van der Waals surface area contributed by atoms with Crippen molar-refractivity contribution in [2.75, 3.05) is 19.7 Å². The third kappa shape index (κ3) is 5.40. The van der Waals surface area contributed by atoms with Crippen LogP contribution in [0.15, 0.2) is 42.5 Å². The van der Waals surface area contributed by atoms with E-state index in [1.54, 1.807) is 6.07 Å². The van der Waals surface area contributed by atoms with Crippen molar-refractivity contribution in [3.05, 3.63) is 53.6 Å². The molecule has 0 unspecified atom stereocenters. The summed E-state index contributed by atoms with van der Waals surface area (Å²) in [5.41, 5.74) is 0.816. The number of piperidine rings is 1. The number of hydrogen-bond donors (Lipinski definition) is 2. The molecule has 2 aliphatic heterocycles. The molecule has 0 atom stereocenters. The molecule has 2 aliphatic rings. The number of ketones is 1. The molecule has 0 radical (unpaired) electrons. The van der Waals surface area contributed by atoms with Gasteiger partial charge in [-0.05, 0) is 32.3 Å². The van der Waals surface area contributed by atoms with Crippen molar-refractivity contribution >= 4 is 11.7 Å². The second-order valence-electron chi connectivity index (χ2n) is 9.17. The summed E-state index contributed by atoms with van der Waals surface area (Å²) in [6.45, 7) is 6.25. The van der Waals surface area contributed by atoms with Crippen LogP contribution in [0.4, 0.5) is 0 Å². The number of nitrogens with one attached hydrogen (secondary N) is 1. The third-order valence-corrected chi connectivity index (χ3v) is 5.88. The first-order valence-corrected chi connectivity index (χ1v) is 11.1. The largest absolute Gasteiger partial charge is 0.507 e. The molecule has 170 valence electrons. The lowest BCUT2D eigenvalue weighted by atomic mass is 9.92. The fourth-order valence-electron chi connectivity index (χ4n) is 4.32. The average molecular weight is 439 g/mol. The van der Waals surface area contributed by atoms with Gasteiger partial charge in [0.05, 0.1) is 6.42 Å². The Labute approximate surface area is 188 Å². The van der Waals surface area contributed by atoms with Crippen molar-refractivity contribution in [2.45, 2.75) is 51.3 Å². The molecule has 32 heavy (non-hydrogen) atoms. The van der Waals surface area contributed by atoms with Crippen LogP contribution in [0.2, 0.25) is 0 Å². The number of amides is 1. The molecular formula is C25H30N2O5. The number of rotatable bonds is 6. The minimum Gasteiger partial charge on any atom is -0.507 e. The van der Waals surface area contributed by atoms with E-state index in [0.717, 1.165) is 32.5 Å². The Balaban J connectivity index is 1.26. The predicted molar refractivity (Wildman–Crippen MR) is 120 cm³/mol. The summed E-state index contributed by atoms with van der Waals surface area (Å²) in [7, 11) is 0. The second kappa shape index (κ2) is 9.20. The molecular weight excluding hydrogens is 408 g/mol. The summed E-state index contributed by atoms with van der Waals surface area (Å²) in [6, 6.07) is 13.4. The zero-order valence-corrected chi connectivity index (χ0v) is 18.6. The lowest BCUT2D eigenvalue weighted by molar-refractivity contribution is -0.124. The number of aromatic hydroxyl groups is 1. The van der Waals surface area contributed by atoms with Crippen LogP contribution in [0.3, 0.4) is 0 Å². The van der Waals surface area contributed by atoms with Gasteiger partial charge in [0.15, 0.2) is 12.4 Å². The summed E-state index contributed by atoms with van der Waals surface area (Å²) >= 11 is 0. The van der Waals surface area contributed by atoms with E-state index in [0.29, 0.717) is 5.75 Å². The smallest absolute Gasteiger partial charge is 0.258 e. The second-order valence-corrected chi connectivity index (χ2v) is 9.17. The lowest BCUT2D eigenvalue weighted by Gasteiger charge is -2.32. The normalized spacial score (nSPS) is 18.5. The van der Waals surface area contributed by atoms with Crippen LogP contribution in [-0.2, 0) is 11.3 Å². The zero-order chi connectivity index (χ0) is 22.7. The van der Waals surface area contributed by atoms with Gasteiger partial charge < -0.3 is 19.9 Å². The van der Waals surface area contributed by atoms with Gasteiger partial charge in [0.1, 0.15) is 28.4 Å². The Kier molecular flexibility index (Phi) is 6.37. The number of likely N-dealkylation sites (tertiary alicyclic amines) is 1.